The van der Waals surface area contributed by atoms with E-state index in [0.29, 0.717) is 44.2 Å². The molecule has 5 nitrogen and oxygen atoms in total. The molecule has 0 spiro atoms. The first kappa shape index (κ1) is 17.2. The molecular formula is C21H15ClN2O3. The Hall–Kier alpha value is -3.23. The summed E-state index contributed by atoms with van der Waals surface area (Å²) >= 11 is 6.42. The molecule has 3 aromatic rings. The molecule has 27 heavy (non-hydrogen) atoms. The second kappa shape index (κ2) is 6.19. The van der Waals surface area contributed by atoms with E-state index in [1.807, 2.05) is 18.2 Å². The van der Waals surface area contributed by atoms with Crippen molar-refractivity contribution in [1.82, 2.24) is 0 Å². The van der Waals surface area contributed by atoms with Gasteiger partial charge in [-0.15, -0.1) is 0 Å². The SMILES string of the molecule is Cc1oc(C)c2c(=O)ccc3c(c12)OC(N)=C(C#N)[C@H]3c1ccccc1Cl. The van der Waals surface area contributed by atoms with Gasteiger partial charge in [0.2, 0.25) is 5.88 Å². The summed E-state index contributed by atoms with van der Waals surface area (Å²) in [6.07, 6.45) is 0. The van der Waals surface area contributed by atoms with E-state index < -0.39 is 5.92 Å². The zero-order valence-corrected chi connectivity index (χ0v) is 15.4. The maximum atomic E-state index is 12.7. The number of fused-ring (bicyclic) bond motifs is 3. The standard InChI is InChI=1S/C21H15ClN2O3/c1-10-17-16(25)8-7-13-19(12-5-3-4-6-15(12)22)14(9-23)21(24)27-20(13)18(17)11(2)26-10/h3-8,19H,24H2,1-2H3/t19-/m0/s1. The fraction of sp³-hybridized carbons (Fsp3) is 0.143. The Morgan fingerprint density at radius 1 is 1.07 bits per heavy atom. The molecule has 2 aromatic carbocycles. The zero-order valence-electron chi connectivity index (χ0n) is 14.7. The summed E-state index contributed by atoms with van der Waals surface area (Å²) in [5.74, 6) is 0.934. The van der Waals surface area contributed by atoms with Crippen LogP contribution in [0.3, 0.4) is 0 Å². The van der Waals surface area contributed by atoms with Crippen LogP contribution >= 0.6 is 11.6 Å². The molecule has 0 unspecified atom stereocenters. The molecular weight excluding hydrogens is 364 g/mol. The molecule has 6 heteroatoms. The first-order chi connectivity index (χ1) is 12.9. The maximum absolute atomic E-state index is 12.7. The van der Waals surface area contributed by atoms with Crippen molar-refractivity contribution in [2.24, 2.45) is 5.73 Å². The molecule has 0 aliphatic carbocycles. The normalized spacial score (nSPS) is 16.0. The van der Waals surface area contributed by atoms with Gasteiger partial charge >= 0.3 is 0 Å². The van der Waals surface area contributed by atoms with Gasteiger partial charge in [-0.2, -0.15) is 5.26 Å². The summed E-state index contributed by atoms with van der Waals surface area (Å²) in [7, 11) is 0. The highest BCUT2D eigenvalue weighted by atomic mass is 35.5. The second-order valence-electron chi connectivity index (χ2n) is 6.39. The van der Waals surface area contributed by atoms with E-state index in [-0.39, 0.29) is 16.9 Å². The number of furan rings is 1. The molecule has 0 bridgehead atoms. The summed E-state index contributed by atoms with van der Waals surface area (Å²) in [6, 6.07) is 12.5. The van der Waals surface area contributed by atoms with Gasteiger partial charge in [-0.05, 0) is 31.5 Å². The summed E-state index contributed by atoms with van der Waals surface area (Å²) in [6.45, 7) is 3.50. The largest absolute Gasteiger partial charge is 0.465 e. The first-order valence-electron chi connectivity index (χ1n) is 8.33. The Kier molecular flexibility index (Phi) is 3.94. The number of aryl methyl sites for hydroxylation is 2. The number of nitriles is 1. The molecule has 4 rings (SSSR count). The molecule has 134 valence electrons. The number of ether oxygens (including phenoxy) is 1. The van der Waals surface area contributed by atoms with Crippen LogP contribution in [-0.2, 0) is 0 Å². The van der Waals surface area contributed by atoms with Gasteiger partial charge in [0.1, 0.15) is 28.9 Å². The molecule has 1 aromatic heterocycles. The lowest BCUT2D eigenvalue weighted by Crippen LogP contribution is -2.21. The van der Waals surface area contributed by atoms with Gasteiger partial charge < -0.3 is 14.9 Å². The van der Waals surface area contributed by atoms with E-state index in [9.17, 15) is 10.1 Å². The summed E-state index contributed by atoms with van der Waals surface area (Å²) in [4.78, 5) is 12.7. The monoisotopic (exact) mass is 378 g/mol. The number of rotatable bonds is 1. The van der Waals surface area contributed by atoms with Gasteiger partial charge in [0.15, 0.2) is 5.43 Å². The van der Waals surface area contributed by atoms with Crippen molar-refractivity contribution in [3.63, 3.8) is 0 Å². The summed E-state index contributed by atoms with van der Waals surface area (Å²) in [5, 5.41) is 11.2. The highest BCUT2D eigenvalue weighted by Gasteiger charge is 2.33. The van der Waals surface area contributed by atoms with Crippen LogP contribution < -0.4 is 15.9 Å². The van der Waals surface area contributed by atoms with E-state index in [1.165, 1.54) is 6.07 Å². The zero-order chi connectivity index (χ0) is 19.3. The number of nitrogens with two attached hydrogens (primary N) is 1. The number of benzene rings is 1. The van der Waals surface area contributed by atoms with E-state index in [4.69, 9.17) is 26.5 Å². The minimum Gasteiger partial charge on any atom is -0.465 e. The minimum atomic E-state index is -0.544. The van der Waals surface area contributed by atoms with Gasteiger partial charge in [0.05, 0.1) is 16.7 Å². The molecule has 0 saturated carbocycles. The number of halogens is 1. The Morgan fingerprint density at radius 3 is 2.48 bits per heavy atom. The fourth-order valence-electron chi connectivity index (χ4n) is 3.67. The van der Waals surface area contributed by atoms with Crippen LogP contribution in [0.5, 0.6) is 5.75 Å². The summed E-state index contributed by atoms with van der Waals surface area (Å²) < 4.78 is 11.5. The average molecular weight is 379 g/mol. The maximum Gasteiger partial charge on any atom is 0.205 e. The lowest BCUT2D eigenvalue weighted by molar-refractivity contribution is 0.398. The molecule has 1 aliphatic heterocycles. The van der Waals surface area contributed by atoms with Crippen LogP contribution in [0.4, 0.5) is 0 Å². The van der Waals surface area contributed by atoms with Crippen molar-refractivity contribution in [2.45, 2.75) is 19.8 Å². The van der Waals surface area contributed by atoms with Crippen molar-refractivity contribution in [1.29, 1.82) is 5.26 Å². The van der Waals surface area contributed by atoms with Gasteiger partial charge in [-0.1, -0.05) is 35.9 Å². The first-order valence-corrected chi connectivity index (χ1v) is 8.70. The number of nitrogens with zero attached hydrogens (tertiary/aromatic N) is 1. The fourth-order valence-corrected chi connectivity index (χ4v) is 3.92. The van der Waals surface area contributed by atoms with E-state index in [1.54, 1.807) is 26.0 Å². The van der Waals surface area contributed by atoms with Gasteiger partial charge in [-0.3, -0.25) is 4.79 Å². The van der Waals surface area contributed by atoms with Crippen molar-refractivity contribution < 1.29 is 9.15 Å². The van der Waals surface area contributed by atoms with E-state index in [2.05, 4.69) is 6.07 Å². The summed E-state index contributed by atoms with van der Waals surface area (Å²) in [5.41, 5.74) is 7.51. The highest BCUT2D eigenvalue weighted by Crippen LogP contribution is 2.46. The van der Waals surface area contributed by atoms with E-state index in [0.717, 1.165) is 0 Å². The number of hydrogen-bond acceptors (Lipinski definition) is 5. The molecule has 0 saturated heterocycles. The van der Waals surface area contributed by atoms with Crippen molar-refractivity contribution in [2.75, 3.05) is 0 Å². The Labute approximate surface area is 160 Å². The van der Waals surface area contributed by atoms with Crippen LogP contribution in [0.15, 0.2) is 57.1 Å². The predicted octanol–water partition coefficient (Wildman–Crippen LogP) is 4.28. The highest BCUT2D eigenvalue weighted by molar-refractivity contribution is 6.31. The average Bonchev–Trinajstić information content (AvgIpc) is 2.84. The molecule has 2 N–H and O–H groups in total. The quantitative estimate of drug-likeness (QED) is 0.682. The number of hydrogen-bond donors (Lipinski definition) is 1. The van der Waals surface area contributed by atoms with Crippen LogP contribution in [0.1, 0.15) is 28.6 Å². The molecule has 1 aliphatic rings. The lowest BCUT2D eigenvalue weighted by Gasteiger charge is -2.26. The number of allylic oxidation sites excluding steroid dienone is 1. The second-order valence-corrected chi connectivity index (χ2v) is 6.80. The molecule has 0 radical (unpaired) electrons. The van der Waals surface area contributed by atoms with Crippen LogP contribution in [0, 0.1) is 25.2 Å². The third kappa shape index (κ3) is 2.49. The minimum absolute atomic E-state index is 0.00637. The van der Waals surface area contributed by atoms with E-state index >= 15 is 0 Å². The Balaban J connectivity index is 2.17. The molecule has 0 fully saturated rings. The third-order valence-corrected chi connectivity index (χ3v) is 5.17. The van der Waals surface area contributed by atoms with Gasteiger partial charge in [0, 0.05) is 10.6 Å². The van der Waals surface area contributed by atoms with Crippen LogP contribution in [0.25, 0.3) is 10.8 Å². The Morgan fingerprint density at radius 2 is 1.78 bits per heavy atom. The van der Waals surface area contributed by atoms with Crippen LogP contribution in [-0.4, -0.2) is 0 Å². The van der Waals surface area contributed by atoms with Crippen molar-refractivity contribution in [3.8, 4) is 11.8 Å². The Bertz CT molecular complexity index is 1230. The topological polar surface area (TPSA) is 89.2 Å². The van der Waals surface area contributed by atoms with Gasteiger partial charge in [0.25, 0.3) is 0 Å². The smallest absolute Gasteiger partial charge is 0.205 e. The van der Waals surface area contributed by atoms with Crippen molar-refractivity contribution in [3.05, 3.63) is 85.7 Å². The van der Waals surface area contributed by atoms with Gasteiger partial charge in [-0.25, -0.2) is 0 Å². The molecule has 1 atom stereocenters. The van der Waals surface area contributed by atoms with Crippen molar-refractivity contribution >= 4 is 22.4 Å². The third-order valence-electron chi connectivity index (χ3n) is 4.82. The molecule has 0 amide bonds. The molecule has 2 heterocycles. The predicted molar refractivity (Wildman–Crippen MR) is 103 cm³/mol. The van der Waals surface area contributed by atoms with Crippen LogP contribution in [0.2, 0.25) is 5.02 Å². The lowest BCUT2D eigenvalue weighted by atomic mass is 9.84.